The van der Waals surface area contributed by atoms with E-state index in [1.807, 2.05) is 6.07 Å². The number of methoxy groups -OCH3 is 1. The Kier molecular flexibility index (Phi) is 5.71. The highest BCUT2D eigenvalue weighted by atomic mass is 16.6. The van der Waals surface area contributed by atoms with E-state index in [0.29, 0.717) is 22.8 Å². The van der Waals surface area contributed by atoms with Crippen molar-refractivity contribution in [2.24, 2.45) is 0 Å². The number of nitrogens with one attached hydrogen (secondary N) is 1. The quantitative estimate of drug-likeness (QED) is 0.298. The number of nitro benzene ring substituents is 1. The van der Waals surface area contributed by atoms with Crippen molar-refractivity contribution in [3.63, 3.8) is 0 Å². The van der Waals surface area contributed by atoms with Gasteiger partial charge in [0, 0.05) is 41.5 Å². The van der Waals surface area contributed by atoms with Crippen LogP contribution in [0.5, 0.6) is 5.75 Å². The number of carbonyl (C=O) groups is 1. The second-order valence-corrected chi connectivity index (χ2v) is 5.93. The summed E-state index contributed by atoms with van der Waals surface area (Å²) in [7, 11) is 1.52. The molecule has 1 aromatic heterocycles. The number of nitro groups is 1. The average Bonchev–Trinajstić information content (AvgIpc) is 3.20. The number of hydrogen-bond acceptors (Lipinski definition) is 5. The van der Waals surface area contributed by atoms with E-state index in [0.717, 1.165) is 0 Å². The Morgan fingerprint density at radius 2 is 1.97 bits per heavy atom. The Hall–Kier alpha value is -4.38. The molecule has 0 spiro atoms. The lowest BCUT2D eigenvalue weighted by Gasteiger charge is -2.08. The van der Waals surface area contributed by atoms with Gasteiger partial charge in [-0.1, -0.05) is 6.07 Å². The number of hydrogen-bond donors (Lipinski definition) is 1. The second kappa shape index (κ2) is 8.54. The van der Waals surface area contributed by atoms with Crippen molar-refractivity contribution in [2.45, 2.75) is 0 Å². The highest BCUT2D eigenvalue weighted by Gasteiger charge is 2.12. The molecule has 0 bridgehead atoms. The van der Waals surface area contributed by atoms with Gasteiger partial charge in [-0.2, -0.15) is 5.26 Å². The number of amides is 1. The predicted octanol–water partition coefficient (Wildman–Crippen LogP) is 3.94. The van der Waals surface area contributed by atoms with E-state index in [1.54, 1.807) is 59.3 Å². The van der Waals surface area contributed by atoms with Crippen molar-refractivity contribution in [2.75, 3.05) is 12.4 Å². The van der Waals surface area contributed by atoms with Crippen LogP contribution in [-0.2, 0) is 4.79 Å². The van der Waals surface area contributed by atoms with Gasteiger partial charge >= 0.3 is 0 Å². The van der Waals surface area contributed by atoms with Gasteiger partial charge in [-0.25, -0.2) is 0 Å². The maximum Gasteiger partial charge on any atom is 0.269 e. The lowest BCUT2D eigenvalue weighted by atomic mass is 10.2. The molecule has 0 radical (unpaired) electrons. The monoisotopic (exact) mass is 388 g/mol. The summed E-state index contributed by atoms with van der Waals surface area (Å²) >= 11 is 0. The van der Waals surface area contributed by atoms with Gasteiger partial charge < -0.3 is 14.6 Å². The van der Waals surface area contributed by atoms with Crippen LogP contribution in [-0.4, -0.2) is 22.5 Å². The maximum absolute atomic E-state index is 12.5. The maximum atomic E-state index is 12.5. The highest BCUT2D eigenvalue weighted by Crippen LogP contribution is 2.20. The molecule has 3 rings (SSSR count). The molecule has 3 aromatic rings. The number of rotatable bonds is 6. The summed E-state index contributed by atoms with van der Waals surface area (Å²) < 4.78 is 6.84. The molecular formula is C21H16N4O4. The first-order valence-corrected chi connectivity index (χ1v) is 8.51. The Morgan fingerprint density at radius 1 is 1.21 bits per heavy atom. The lowest BCUT2D eigenvalue weighted by Crippen LogP contribution is -2.13. The molecule has 0 atom stereocenters. The van der Waals surface area contributed by atoms with Crippen LogP contribution in [0.4, 0.5) is 11.4 Å². The lowest BCUT2D eigenvalue weighted by molar-refractivity contribution is -0.384. The molecule has 0 aliphatic carbocycles. The van der Waals surface area contributed by atoms with E-state index < -0.39 is 10.8 Å². The molecule has 8 heteroatoms. The molecule has 2 aromatic carbocycles. The van der Waals surface area contributed by atoms with E-state index >= 15 is 0 Å². The molecular weight excluding hydrogens is 372 g/mol. The summed E-state index contributed by atoms with van der Waals surface area (Å²) in [4.78, 5) is 22.9. The van der Waals surface area contributed by atoms with Crippen molar-refractivity contribution in [1.82, 2.24) is 4.57 Å². The van der Waals surface area contributed by atoms with Crippen LogP contribution in [0.1, 0.15) is 5.69 Å². The van der Waals surface area contributed by atoms with Crippen LogP contribution in [0.25, 0.3) is 11.8 Å². The van der Waals surface area contributed by atoms with Gasteiger partial charge in [-0.15, -0.1) is 0 Å². The van der Waals surface area contributed by atoms with Gasteiger partial charge in [-0.05, 0) is 42.5 Å². The van der Waals surface area contributed by atoms with Crippen LogP contribution < -0.4 is 10.1 Å². The standard InChI is InChI=1S/C21H16N4O4/c1-29-20-6-2-4-16(13-20)23-21(26)15(14-22)12-19-5-3-11-24(19)17-7-9-18(10-8-17)25(27)28/h2-13H,1H3,(H,23,26)/b15-12+. The van der Waals surface area contributed by atoms with Crippen molar-refractivity contribution in [1.29, 1.82) is 5.26 Å². The number of non-ortho nitro benzene ring substituents is 1. The van der Waals surface area contributed by atoms with E-state index in [9.17, 15) is 20.2 Å². The van der Waals surface area contributed by atoms with Gasteiger partial charge in [0.1, 0.15) is 17.4 Å². The van der Waals surface area contributed by atoms with Crippen LogP contribution >= 0.6 is 0 Å². The summed E-state index contributed by atoms with van der Waals surface area (Å²) in [6, 6.07) is 18.2. The number of aromatic nitrogens is 1. The average molecular weight is 388 g/mol. The van der Waals surface area contributed by atoms with E-state index in [4.69, 9.17) is 4.74 Å². The molecule has 8 nitrogen and oxygen atoms in total. The fourth-order valence-corrected chi connectivity index (χ4v) is 2.68. The van der Waals surface area contributed by atoms with Crippen LogP contribution in [0.2, 0.25) is 0 Å². The van der Waals surface area contributed by atoms with Crippen LogP contribution in [0, 0.1) is 21.4 Å². The number of benzene rings is 2. The smallest absolute Gasteiger partial charge is 0.269 e. The molecule has 0 saturated carbocycles. The minimum absolute atomic E-state index is 0.0200. The third-order valence-electron chi connectivity index (χ3n) is 4.10. The van der Waals surface area contributed by atoms with E-state index in [2.05, 4.69) is 5.32 Å². The summed E-state index contributed by atoms with van der Waals surface area (Å²) in [5.74, 6) is 0.0227. The van der Waals surface area contributed by atoms with Crippen molar-refractivity contribution >= 4 is 23.4 Å². The van der Waals surface area contributed by atoms with Crippen molar-refractivity contribution < 1.29 is 14.5 Å². The molecule has 1 heterocycles. The number of nitrogens with zero attached hydrogens (tertiary/aromatic N) is 3. The third kappa shape index (κ3) is 4.48. The SMILES string of the molecule is COc1cccc(NC(=O)/C(C#N)=C/c2cccn2-c2ccc([N+](=O)[O-])cc2)c1. The molecule has 144 valence electrons. The van der Waals surface area contributed by atoms with Crippen LogP contribution in [0.3, 0.4) is 0 Å². The third-order valence-corrected chi connectivity index (χ3v) is 4.10. The van der Waals surface area contributed by atoms with Gasteiger partial charge in [0.05, 0.1) is 12.0 Å². The first kappa shape index (κ1) is 19.4. The Balaban J connectivity index is 1.86. The fraction of sp³-hybridized carbons (Fsp3) is 0.0476. The normalized spacial score (nSPS) is 10.8. The first-order valence-electron chi connectivity index (χ1n) is 8.51. The molecule has 0 fully saturated rings. The van der Waals surface area contributed by atoms with Gasteiger partial charge in [0.25, 0.3) is 11.6 Å². The van der Waals surface area contributed by atoms with Crippen molar-refractivity contribution in [3.8, 4) is 17.5 Å². The summed E-state index contributed by atoms with van der Waals surface area (Å²) in [6.45, 7) is 0. The zero-order valence-corrected chi connectivity index (χ0v) is 15.4. The van der Waals surface area contributed by atoms with Crippen molar-refractivity contribution in [3.05, 3.63) is 88.2 Å². The fourth-order valence-electron chi connectivity index (χ4n) is 2.68. The minimum atomic E-state index is -0.558. The largest absolute Gasteiger partial charge is 0.497 e. The summed E-state index contributed by atoms with van der Waals surface area (Å²) in [5, 5.41) is 22.9. The number of ether oxygens (including phenoxy) is 1. The predicted molar refractivity (Wildman–Crippen MR) is 108 cm³/mol. The molecule has 0 saturated heterocycles. The molecule has 0 unspecified atom stereocenters. The van der Waals surface area contributed by atoms with E-state index in [-0.39, 0.29) is 11.3 Å². The topological polar surface area (TPSA) is 110 Å². The van der Waals surface area contributed by atoms with Crippen LogP contribution in [0.15, 0.2) is 72.4 Å². The molecule has 1 amide bonds. The minimum Gasteiger partial charge on any atom is -0.497 e. The van der Waals surface area contributed by atoms with E-state index in [1.165, 1.54) is 25.3 Å². The number of anilines is 1. The zero-order valence-electron chi connectivity index (χ0n) is 15.4. The first-order chi connectivity index (χ1) is 14.0. The van der Waals surface area contributed by atoms with Gasteiger partial charge in [0.15, 0.2) is 0 Å². The van der Waals surface area contributed by atoms with Gasteiger partial charge in [-0.3, -0.25) is 14.9 Å². The zero-order chi connectivity index (χ0) is 20.8. The Morgan fingerprint density at radius 3 is 2.62 bits per heavy atom. The summed E-state index contributed by atoms with van der Waals surface area (Å²) in [5.41, 5.74) is 1.64. The Bertz CT molecular complexity index is 1120. The molecule has 0 aliphatic heterocycles. The number of carbonyl (C=O) groups excluding carboxylic acids is 1. The number of nitriles is 1. The summed E-state index contributed by atoms with van der Waals surface area (Å²) in [6.07, 6.45) is 3.19. The second-order valence-electron chi connectivity index (χ2n) is 5.93. The molecule has 1 N–H and O–H groups in total. The highest BCUT2D eigenvalue weighted by molar-refractivity contribution is 6.09. The van der Waals surface area contributed by atoms with Gasteiger partial charge in [0.2, 0.25) is 0 Å². The Labute approximate surface area is 166 Å². The molecule has 0 aliphatic rings. The molecule has 29 heavy (non-hydrogen) atoms.